The van der Waals surface area contributed by atoms with Gasteiger partial charge in [0.1, 0.15) is 23.7 Å². The van der Waals surface area contributed by atoms with E-state index < -0.39 is 5.60 Å². The molecular weight excluding hydrogens is 717 g/mol. The van der Waals surface area contributed by atoms with Crippen molar-refractivity contribution in [2.45, 2.75) is 128 Å². The highest BCUT2D eigenvalue weighted by atomic mass is 16.5. The lowest BCUT2D eigenvalue weighted by molar-refractivity contribution is -0.138. The van der Waals surface area contributed by atoms with E-state index in [1.165, 1.54) is 70.6 Å². The maximum absolute atomic E-state index is 13.4. The van der Waals surface area contributed by atoms with Crippen LogP contribution in [-0.2, 0) is 29.4 Å². The Morgan fingerprint density at radius 1 is 0.667 bits per heavy atom. The number of hydrogen-bond donors (Lipinski definition) is 1. The highest BCUT2D eigenvalue weighted by molar-refractivity contribution is 5.78. The standard InChI is InChI=1S/C48H70N2O7/c1-5-6-7-8-9-10-11-12-13-14-15-16-20-23-46(51)49-32-33-55-34-35-56-38-47(52)50-37-45(36-39(50)2)57-48(40-21-18-17-19-22-40,41-24-28-43(53-3)29-25-41)42-26-30-44(54-4)31-27-42/h17-19,21-22,24-31,39,45H,5-16,20,23,32-38H2,1-4H3,(H,49,51)/t39?,45-/m1/s1. The lowest BCUT2D eigenvalue weighted by Crippen LogP contribution is -2.40. The summed E-state index contributed by atoms with van der Waals surface area (Å²) in [4.78, 5) is 27.5. The number of methoxy groups -OCH3 is 2. The molecule has 1 heterocycles. The van der Waals surface area contributed by atoms with Crippen LogP contribution in [0.4, 0.5) is 0 Å². The quantitative estimate of drug-likeness (QED) is 0.0553. The molecule has 3 aromatic rings. The maximum Gasteiger partial charge on any atom is 0.248 e. The van der Waals surface area contributed by atoms with Crippen LogP contribution in [-0.4, -0.2) is 82.6 Å². The van der Waals surface area contributed by atoms with E-state index in [0.29, 0.717) is 45.8 Å². The van der Waals surface area contributed by atoms with Gasteiger partial charge in [-0.25, -0.2) is 0 Å². The maximum atomic E-state index is 13.4. The summed E-state index contributed by atoms with van der Waals surface area (Å²) >= 11 is 0. The molecule has 0 bridgehead atoms. The van der Waals surface area contributed by atoms with E-state index >= 15 is 0 Å². The number of nitrogens with zero attached hydrogens (tertiary/aromatic N) is 1. The molecule has 0 aliphatic carbocycles. The van der Waals surface area contributed by atoms with E-state index in [2.05, 4.69) is 31.3 Å². The minimum absolute atomic E-state index is 0.0223. The van der Waals surface area contributed by atoms with E-state index in [1.807, 2.05) is 71.6 Å². The zero-order chi connectivity index (χ0) is 40.6. The van der Waals surface area contributed by atoms with Crippen LogP contribution >= 0.6 is 0 Å². The molecule has 1 aliphatic heterocycles. The summed E-state index contributed by atoms with van der Waals surface area (Å²) in [6.07, 6.45) is 17.8. The second-order valence-corrected chi connectivity index (χ2v) is 15.4. The van der Waals surface area contributed by atoms with Crippen molar-refractivity contribution >= 4 is 11.8 Å². The largest absolute Gasteiger partial charge is 0.497 e. The highest BCUT2D eigenvalue weighted by Gasteiger charge is 2.43. The number of rotatable bonds is 29. The van der Waals surface area contributed by atoms with Crippen LogP contribution in [0.1, 0.15) is 127 Å². The molecule has 1 unspecified atom stereocenters. The number of amides is 2. The van der Waals surface area contributed by atoms with Gasteiger partial charge < -0.3 is 33.9 Å². The fraction of sp³-hybridized carbons (Fsp3) is 0.583. The number of unbranched alkanes of at least 4 members (excludes halogenated alkanes) is 12. The summed E-state index contributed by atoms with van der Waals surface area (Å²) in [6.45, 7) is 6.27. The van der Waals surface area contributed by atoms with E-state index in [9.17, 15) is 9.59 Å². The van der Waals surface area contributed by atoms with Crippen molar-refractivity contribution in [1.82, 2.24) is 10.2 Å². The Kier molecular flexibility index (Phi) is 21.0. The fourth-order valence-electron chi connectivity index (χ4n) is 7.81. The van der Waals surface area contributed by atoms with Crippen LogP contribution in [0.2, 0.25) is 0 Å². The molecular formula is C48H70N2O7. The first kappa shape index (κ1) is 45.8. The first-order chi connectivity index (χ1) is 27.9. The average Bonchev–Trinajstić information content (AvgIpc) is 3.62. The van der Waals surface area contributed by atoms with Gasteiger partial charge in [-0.05, 0) is 60.7 Å². The third kappa shape index (κ3) is 15.1. The molecule has 4 rings (SSSR count). The molecule has 1 aliphatic rings. The molecule has 1 N–H and O–H groups in total. The van der Waals surface area contributed by atoms with Gasteiger partial charge in [-0.3, -0.25) is 9.59 Å². The third-order valence-electron chi connectivity index (χ3n) is 11.0. The fourth-order valence-corrected chi connectivity index (χ4v) is 7.81. The van der Waals surface area contributed by atoms with Gasteiger partial charge in [-0.15, -0.1) is 0 Å². The Morgan fingerprint density at radius 3 is 1.72 bits per heavy atom. The van der Waals surface area contributed by atoms with Gasteiger partial charge in [0.25, 0.3) is 0 Å². The first-order valence-electron chi connectivity index (χ1n) is 21.6. The van der Waals surface area contributed by atoms with E-state index in [-0.39, 0.29) is 30.6 Å². The van der Waals surface area contributed by atoms with E-state index in [1.54, 1.807) is 14.2 Å². The Hall–Kier alpha value is -3.92. The Bertz CT molecular complexity index is 1490. The normalized spacial score (nSPS) is 15.5. The molecule has 2 amide bonds. The number of benzene rings is 3. The number of carbonyl (C=O) groups is 2. The number of ether oxygens (including phenoxy) is 5. The highest BCUT2D eigenvalue weighted by Crippen LogP contribution is 2.44. The predicted molar refractivity (Wildman–Crippen MR) is 228 cm³/mol. The van der Waals surface area contributed by atoms with Crippen molar-refractivity contribution in [3.8, 4) is 11.5 Å². The van der Waals surface area contributed by atoms with Crippen LogP contribution in [0.25, 0.3) is 0 Å². The van der Waals surface area contributed by atoms with Crippen molar-refractivity contribution in [3.05, 3.63) is 95.6 Å². The third-order valence-corrected chi connectivity index (χ3v) is 11.0. The molecule has 9 heteroatoms. The molecule has 1 saturated heterocycles. The monoisotopic (exact) mass is 787 g/mol. The molecule has 314 valence electrons. The van der Waals surface area contributed by atoms with E-state index in [0.717, 1.165) is 41.0 Å². The van der Waals surface area contributed by atoms with Crippen LogP contribution < -0.4 is 14.8 Å². The summed E-state index contributed by atoms with van der Waals surface area (Å²) in [5.74, 6) is 1.52. The smallest absolute Gasteiger partial charge is 0.248 e. The van der Waals surface area contributed by atoms with Crippen LogP contribution in [0, 0.1) is 0 Å². The number of likely N-dealkylation sites (tertiary alicyclic amines) is 1. The molecule has 57 heavy (non-hydrogen) atoms. The molecule has 0 aromatic heterocycles. The topological polar surface area (TPSA) is 95.6 Å². The van der Waals surface area contributed by atoms with Gasteiger partial charge in [-0.2, -0.15) is 0 Å². The molecule has 9 nitrogen and oxygen atoms in total. The minimum Gasteiger partial charge on any atom is -0.497 e. The van der Waals surface area contributed by atoms with Crippen molar-refractivity contribution in [3.63, 3.8) is 0 Å². The molecule has 1 fully saturated rings. The minimum atomic E-state index is -0.956. The van der Waals surface area contributed by atoms with Crippen LogP contribution in [0.3, 0.4) is 0 Å². The Morgan fingerprint density at radius 2 is 1.18 bits per heavy atom. The average molecular weight is 787 g/mol. The summed E-state index contributed by atoms with van der Waals surface area (Å²) < 4.78 is 29.6. The molecule has 0 spiro atoms. The molecule has 0 radical (unpaired) electrons. The van der Waals surface area contributed by atoms with Gasteiger partial charge in [-0.1, -0.05) is 139 Å². The second kappa shape index (κ2) is 26.2. The number of hydrogen-bond acceptors (Lipinski definition) is 7. The zero-order valence-corrected chi connectivity index (χ0v) is 35.3. The first-order valence-corrected chi connectivity index (χ1v) is 21.6. The summed E-state index contributed by atoms with van der Waals surface area (Å²) in [7, 11) is 3.32. The molecule has 0 saturated carbocycles. The summed E-state index contributed by atoms with van der Waals surface area (Å²) in [5, 5.41) is 2.95. The molecule has 2 atom stereocenters. The lowest BCUT2D eigenvalue weighted by Gasteiger charge is -2.38. The SMILES string of the molecule is CCCCCCCCCCCCCCCC(=O)NCCOCCOCC(=O)N1C[C@H](OC(c2ccccc2)(c2ccc(OC)cc2)c2ccc(OC)cc2)CC1C. The van der Waals surface area contributed by atoms with Gasteiger partial charge in [0.05, 0.1) is 40.1 Å². The van der Waals surface area contributed by atoms with E-state index in [4.69, 9.17) is 23.7 Å². The molecule has 3 aromatic carbocycles. The van der Waals surface area contributed by atoms with Crippen molar-refractivity contribution in [2.24, 2.45) is 0 Å². The van der Waals surface area contributed by atoms with Crippen LogP contribution in [0.5, 0.6) is 11.5 Å². The summed E-state index contributed by atoms with van der Waals surface area (Å²) in [6, 6.07) is 26.2. The predicted octanol–water partition coefficient (Wildman–Crippen LogP) is 9.63. The zero-order valence-electron chi connectivity index (χ0n) is 35.3. The summed E-state index contributed by atoms with van der Waals surface area (Å²) in [5.41, 5.74) is 1.93. The van der Waals surface area contributed by atoms with Crippen molar-refractivity contribution in [1.29, 1.82) is 0 Å². The van der Waals surface area contributed by atoms with Crippen molar-refractivity contribution in [2.75, 3.05) is 53.7 Å². The lowest BCUT2D eigenvalue weighted by atomic mass is 9.79. The van der Waals surface area contributed by atoms with Crippen molar-refractivity contribution < 1.29 is 33.3 Å². The van der Waals surface area contributed by atoms with Gasteiger partial charge in [0.2, 0.25) is 11.8 Å². The Labute approximate surface area is 343 Å². The number of nitrogens with one attached hydrogen (secondary N) is 1. The van der Waals surface area contributed by atoms with Gasteiger partial charge in [0.15, 0.2) is 0 Å². The Balaban J connectivity index is 1.15. The van der Waals surface area contributed by atoms with Crippen LogP contribution in [0.15, 0.2) is 78.9 Å². The number of carbonyl (C=O) groups excluding carboxylic acids is 2. The second-order valence-electron chi connectivity index (χ2n) is 15.4. The van der Waals surface area contributed by atoms with Gasteiger partial charge in [0, 0.05) is 25.6 Å². The van der Waals surface area contributed by atoms with Gasteiger partial charge >= 0.3 is 0 Å².